The highest BCUT2D eigenvalue weighted by molar-refractivity contribution is 5.93. The molecule has 1 aromatic rings. The molecular formula is C15H21NO6. The standard InChI is InChI=1S/C15H21NO6/c1-10(8-19-2)16-14(17)9-22-13-6-5-11(20-3)7-12(13)15(18)21-4/h5-7,10H,8-9H2,1-4H3,(H,16,17)/t10-/m0/s1. The first-order chi connectivity index (χ1) is 10.5. The first kappa shape index (κ1) is 17.8. The van der Waals surface area contributed by atoms with Crippen LogP contribution in [0.1, 0.15) is 17.3 Å². The third-order valence-corrected chi connectivity index (χ3v) is 2.77. The lowest BCUT2D eigenvalue weighted by molar-refractivity contribution is -0.124. The van der Waals surface area contributed by atoms with E-state index in [0.29, 0.717) is 12.4 Å². The molecule has 0 aliphatic rings. The maximum Gasteiger partial charge on any atom is 0.341 e. The molecule has 1 atom stereocenters. The summed E-state index contributed by atoms with van der Waals surface area (Å²) in [4.78, 5) is 23.5. The van der Waals surface area contributed by atoms with Crippen molar-refractivity contribution in [1.29, 1.82) is 0 Å². The van der Waals surface area contributed by atoms with Crippen LogP contribution in [0.5, 0.6) is 11.5 Å². The predicted molar refractivity (Wildman–Crippen MR) is 79.3 cm³/mol. The molecule has 0 spiro atoms. The van der Waals surface area contributed by atoms with Gasteiger partial charge in [0, 0.05) is 13.2 Å². The fourth-order valence-corrected chi connectivity index (χ4v) is 1.78. The van der Waals surface area contributed by atoms with E-state index in [1.165, 1.54) is 20.3 Å². The fourth-order valence-electron chi connectivity index (χ4n) is 1.78. The Hall–Kier alpha value is -2.28. The summed E-state index contributed by atoms with van der Waals surface area (Å²) in [5.74, 6) is -0.133. The molecule has 0 aliphatic heterocycles. The molecule has 1 N–H and O–H groups in total. The van der Waals surface area contributed by atoms with Gasteiger partial charge in [0.25, 0.3) is 5.91 Å². The molecule has 0 aromatic heterocycles. The summed E-state index contributed by atoms with van der Waals surface area (Å²) in [5, 5.41) is 2.71. The van der Waals surface area contributed by atoms with Crippen LogP contribution < -0.4 is 14.8 Å². The van der Waals surface area contributed by atoms with Crippen molar-refractivity contribution in [3.05, 3.63) is 23.8 Å². The zero-order chi connectivity index (χ0) is 16.5. The van der Waals surface area contributed by atoms with Crippen molar-refractivity contribution in [1.82, 2.24) is 5.32 Å². The highest BCUT2D eigenvalue weighted by Gasteiger charge is 2.16. The smallest absolute Gasteiger partial charge is 0.341 e. The third kappa shape index (κ3) is 5.25. The van der Waals surface area contributed by atoms with E-state index in [2.05, 4.69) is 10.1 Å². The molecule has 0 radical (unpaired) electrons. The number of carbonyl (C=O) groups excluding carboxylic acids is 2. The summed E-state index contributed by atoms with van der Waals surface area (Å²) < 4.78 is 20.1. The number of hydrogen-bond acceptors (Lipinski definition) is 6. The maximum absolute atomic E-state index is 11.7. The minimum atomic E-state index is -0.568. The van der Waals surface area contributed by atoms with Gasteiger partial charge >= 0.3 is 5.97 Å². The van der Waals surface area contributed by atoms with E-state index in [-0.39, 0.29) is 29.9 Å². The van der Waals surface area contributed by atoms with Gasteiger partial charge in [-0.3, -0.25) is 4.79 Å². The molecule has 0 unspecified atom stereocenters. The van der Waals surface area contributed by atoms with E-state index in [0.717, 1.165) is 0 Å². The van der Waals surface area contributed by atoms with Gasteiger partial charge in [-0.2, -0.15) is 0 Å². The molecule has 1 amide bonds. The molecule has 22 heavy (non-hydrogen) atoms. The Labute approximate surface area is 129 Å². The number of nitrogens with one attached hydrogen (secondary N) is 1. The number of benzene rings is 1. The van der Waals surface area contributed by atoms with Gasteiger partial charge in [0.15, 0.2) is 6.61 Å². The average Bonchev–Trinajstić information content (AvgIpc) is 2.52. The van der Waals surface area contributed by atoms with Crippen LogP contribution in [0.15, 0.2) is 18.2 Å². The quantitative estimate of drug-likeness (QED) is 0.722. The summed E-state index contributed by atoms with van der Waals surface area (Å²) in [6, 6.07) is 4.55. The second-order valence-corrected chi connectivity index (χ2v) is 4.57. The largest absolute Gasteiger partial charge is 0.497 e. The summed E-state index contributed by atoms with van der Waals surface area (Å²) in [6.45, 7) is 2.00. The van der Waals surface area contributed by atoms with E-state index < -0.39 is 5.97 Å². The molecule has 1 aromatic carbocycles. The highest BCUT2D eigenvalue weighted by atomic mass is 16.5. The van der Waals surface area contributed by atoms with Crippen molar-refractivity contribution in [2.45, 2.75) is 13.0 Å². The predicted octanol–water partition coefficient (Wildman–Crippen LogP) is 1.01. The van der Waals surface area contributed by atoms with E-state index >= 15 is 0 Å². The topological polar surface area (TPSA) is 83.1 Å². The zero-order valence-corrected chi connectivity index (χ0v) is 13.2. The van der Waals surface area contributed by atoms with Crippen LogP contribution >= 0.6 is 0 Å². The molecule has 7 heteroatoms. The van der Waals surface area contributed by atoms with Crippen LogP contribution in [0.2, 0.25) is 0 Å². The minimum absolute atomic E-state index is 0.128. The molecule has 7 nitrogen and oxygen atoms in total. The number of hydrogen-bond donors (Lipinski definition) is 1. The number of amides is 1. The number of esters is 1. The van der Waals surface area contributed by atoms with E-state index in [1.54, 1.807) is 19.2 Å². The van der Waals surface area contributed by atoms with Gasteiger partial charge in [0.05, 0.1) is 20.8 Å². The number of methoxy groups -OCH3 is 3. The second kappa shape index (κ2) is 8.89. The molecule has 0 heterocycles. The molecule has 0 bridgehead atoms. The number of rotatable bonds is 8. The van der Waals surface area contributed by atoms with Crippen molar-refractivity contribution in [3.63, 3.8) is 0 Å². The van der Waals surface area contributed by atoms with Crippen molar-refractivity contribution >= 4 is 11.9 Å². The average molecular weight is 311 g/mol. The van der Waals surface area contributed by atoms with Gasteiger partial charge in [-0.15, -0.1) is 0 Å². The Morgan fingerprint density at radius 1 is 1.23 bits per heavy atom. The molecule has 0 saturated heterocycles. The maximum atomic E-state index is 11.7. The third-order valence-electron chi connectivity index (χ3n) is 2.77. The van der Waals surface area contributed by atoms with Crippen molar-refractivity contribution in [3.8, 4) is 11.5 Å². The van der Waals surface area contributed by atoms with Crippen LogP contribution in [0, 0.1) is 0 Å². The Kier molecular flexibility index (Phi) is 7.18. The van der Waals surface area contributed by atoms with Crippen LogP contribution in [-0.4, -0.2) is 52.5 Å². The molecule has 0 saturated carbocycles. The van der Waals surface area contributed by atoms with Gasteiger partial charge < -0.3 is 24.3 Å². The van der Waals surface area contributed by atoms with Gasteiger partial charge in [-0.05, 0) is 25.1 Å². The van der Waals surface area contributed by atoms with E-state index in [9.17, 15) is 9.59 Å². The summed E-state index contributed by atoms with van der Waals surface area (Å²) >= 11 is 0. The lowest BCUT2D eigenvalue weighted by Gasteiger charge is -2.14. The lowest BCUT2D eigenvalue weighted by atomic mass is 10.2. The van der Waals surface area contributed by atoms with Crippen LogP contribution in [0.25, 0.3) is 0 Å². The highest BCUT2D eigenvalue weighted by Crippen LogP contribution is 2.24. The SMILES string of the molecule is COC[C@H](C)NC(=O)COc1ccc(OC)cc1C(=O)OC. The molecule has 122 valence electrons. The van der Waals surface area contributed by atoms with Crippen molar-refractivity contribution < 1.29 is 28.5 Å². The number of ether oxygens (including phenoxy) is 4. The molecular weight excluding hydrogens is 290 g/mol. The lowest BCUT2D eigenvalue weighted by Crippen LogP contribution is -2.38. The van der Waals surface area contributed by atoms with Crippen LogP contribution in [0.3, 0.4) is 0 Å². The molecule has 1 rings (SSSR count). The molecule has 0 fully saturated rings. The Morgan fingerprint density at radius 3 is 2.55 bits per heavy atom. The summed E-state index contributed by atoms with van der Waals surface area (Å²) in [5.41, 5.74) is 0.194. The van der Waals surface area contributed by atoms with Gasteiger partial charge in [-0.25, -0.2) is 4.79 Å². The Morgan fingerprint density at radius 2 is 1.95 bits per heavy atom. The van der Waals surface area contributed by atoms with Gasteiger partial charge in [0.1, 0.15) is 17.1 Å². The zero-order valence-electron chi connectivity index (χ0n) is 13.2. The van der Waals surface area contributed by atoms with Crippen LogP contribution in [0.4, 0.5) is 0 Å². The fraction of sp³-hybridized carbons (Fsp3) is 0.467. The van der Waals surface area contributed by atoms with E-state index in [1.807, 2.05) is 6.92 Å². The summed E-state index contributed by atoms with van der Waals surface area (Å²) in [7, 11) is 4.31. The van der Waals surface area contributed by atoms with Crippen molar-refractivity contribution in [2.75, 3.05) is 34.5 Å². The van der Waals surface area contributed by atoms with E-state index in [4.69, 9.17) is 14.2 Å². The minimum Gasteiger partial charge on any atom is -0.497 e. The number of carbonyl (C=O) groups is 2. The molecule has 0 aliphatic carbocycles. The van der Waals surface area contributed by atoms with Crippen molar-refractivity contribution in [2.24, 2.45) is 0 Å². The monoisotopic (exact) mass is 311 g/mol. The van der Waals surface area contributed by atoms with Gasteiger partial charge in [-0.1, -0.05) is 0 Å². The Balaban J connectivity index is 2.72. The summed E-state index contributed by atoms with van der Waals surface area (Å²) in [6.07, 6.45) is 0. The van der Waals surface area contributed by atoms with Gasteiger partial charge in [0.2, 0.25) is 0 Å². The second-order valence-electron chi connectivity index (χ2n) is 4.57. The van der Waals surface area contributed by atoms with Crippen LogP contribution in [-0.2, 0) is 14.3 Å². The first-order valence-corrected chi connectivity index (χ1v) is 6.69. The first-order valence-electron chi connectivity index (χ1n) is 6.69. The normalized spacial score (nSPS) is 11.5. The Bertz CT molecular complexity index is 517.